The molecular weight excluding hydrogens is 1540 g/mol. The van der Waals surface area contributed by atoms with Gasteiger partial charge in [0.05, 0.1) is 23.1 Å². The normalized spacial score (nSPS) is 23.9. The number of furan rings is 1. The summed E-state index contributed by atoms with van der Waals surface area (Å²) < 4.78 is 18.6. The summed E-state index contributed by atoms with van der Waals surface area (Å²) in [7, 11) is 2.14. The second-order valence-corrected chi connectivity index (χ2v) is 29.3. The Kier molecular flexibility index (Phi) is 26.4. The van der Waals surface area contributed by atoms with Crippen molar-refractivity contribution >= 4 is 116 Å². The number of hydrogen-bond acceptors (Lipinski definition) is 13. The molecule has 0 unspecified atom stereocenters. The number of rotatable bonds is 10. The van der Waals surface area contributed by atoms with Crippen molar-refractivity contribution in [3.05, 3.63) is 175 Å². The first-order valence-corrected chi connectivity index (χ1v) is 33.2. The molecule has 0 spiro atoms. The maximum absolute atomic E-state index is 13.6. The van der Waals surface area contributed by atoms with Gasteiger partial charge in [0.15, 0.2) is 17.2 Å². The van der Waals surface area contributed by atoms with Crippen LogP contribution in [0.25, 0.3) is 44.2 Å². The van der Waals surface area contributed by atoms with Crippen LogP contribution in [-0.4, -0.2) is 75.0 Å². The van der Waals surface area contributed by atoms with Crippen molar-refractivity contribution in [2.75, 3.05) is 19.5 Å². The van der Waals surface area contributed by atoms with Crippen molar-refractivity contribution < 1.29 is 139 Å². The Morgan fingerprint density at radius 1 is 0.944 bits per heavy atom. The number of carbonyl (C=O) groups excluding carboxylic acids is 4. The van der Waals surface area contributed by atoms with Gasteiger partial charge in [-0.2, -0.15) is 0 Å². The first-order chi connectivity index (χ1) is 40.2. The van der Waals surface area contributed by atoms with Gasteiger partial charge in [0.1, 0.15) is 0 Å². The van der Waals surface area contributed by atoms with Crippen LogP contribution in [0.3, 0.4) is 0 Å². The van der Waals surface area contributed by atoms with Gasteiger partial charge in [-0.05, 0) is 112 Å². The van der Waals surface area contributed by atoms with Gasteiger partial charge in [-0.25, -0.2) is 4.79 Å². The van der Waals surface area contributed by atoms with Crippen LogP contribution in [0.2, 0.25) is 0 Å². The van der Waals surface area contributed by atoms with E-state index < -0.39 is 39.3 Å². The largest absolute Gasteiger partial charge is 1.00 e. The molecule has 21 heteroatoms. The van der Waals surface area contributed by atoms with Crippen LogP contribution in [0.15, 0.2) is 162 Å². The van der Waals surface area contributed by atoms with E-state index in [1.54, 1.807) is 42.5 Å². The van der Waals surface area contributed by atoms with Crippen LogP contribution in [0.4, 0.5) is 0 Å². The van der Waals surface area contributed by atoms with Crippen molar-refractivity contribution in [1.82, 2.24) is 4.90 Å². The molecule has 0 saturated heterocycles. The van der Waals surface area contributed by atoms with Crippen molar-refractivity contribution in [3.63, 3.8) is 0 Å². The average molecular weight is 1600 g/mol. The third-order valence-electron chi connectivity index (χ3n) is 17.6. The van der Waals surface area contributed by atoms with Crippen LogP contribution in [-0.2, 0) is 47.0 Å². The number of carbonyl (C=O) groups is 4. The van der Waals surface area contributed by atoms with E-state index in [9.17, 15) is 39.3 Å². The fourth-order valence-corrected chi connectivity index (χ4v) is 17.9. The summed E-state index contributed by atoms with van der Waals surface area (Å²) in [4.78, 5) is 63.9. The predicted molar refractivity (Wildman–Crippen MR) is 339 cm³/mol. The monoisotopic (exact) mass is 1600 g/mol. The van der Waals surface area contributed by atoms with E-state index >= 15 is 0 Å². The van der Waals surface area contributed by atoms with Gasteiger partial charge in [0.25, 0.3) is 0 Å². The molecule has 2 N–H and O–H groups in total. The molecule has 5 aromatic rings. The van der Waals surface area contributed by atoms with E-state index in [1.165, 1.54) is 46.9 Å². The minimum Gasteiger partial charge on any atom is -0.870 e. The Bertz CT molecular complexity index is 3990. The second-order valence-electron chi connectivity index (χ2n) is 23.9. The Morgan fingerprint density at radius 3 is 2.30 bits per heavy atom. The molecule has 6 aliphatic rings. The third-order valence-corrected chi connectivity index (χ3v) is 22.4. The minimum absolute atomic E-state index is 0. The topological polar surface area (TPSA) is 220 Å². The van der Waals surface area contributed by atoms with E-state index in [2.05, 4.69) is 125 Å². The number of ketones is 2. The number of hydrogen-bond donors (Lipinski definition) is 1. The number of alkyl halides is 2. The third kappa shape index (κ3) is 14.8. The number of aliphatic hydroxyl groups is 1. The molecule has 11 rings (SSSR count). The molecule has 3 saturated carbocycles. The number of likely N-dealkylation sites (N-methyl/N-ethyl adjacent to an activating group) is 1. The predicted octanol–water partition coefficient (Wildman–Crippen LogP) is 6.70. The number of carboxylic acid groups (broad SMARTS) is 1. The fourth-order valence-electron chi connectivity index (χ4n) is 13.6. The number of halogens is 5. The SMILES string of the molecule is CN(C/C=C/C#CC(C)(C)C)Cc1cccc2ccccc12.C[C@@H]1C[C@H]2[C@@H]3CCC4=CC(=O)C=C[C@]4(C)[C@@]3(Cl)[C@@H](O)C[C@]2(C)[C@@]1(OC(=O)c1ccco1)C(=O)CCl.Cl.O=C([O-])c1ccccc1-c1c2cc(Br)c(=O)cc-2oc2[c]([Hg+])c([O-])c(Br)cc12.[Na+].[Na+].[OH-]. The van der Waals surface area contributed by atoms with Crippen molar-refractivity contribution in [3.8, 4) is 40.0 Å². The van der Waals surface area contributed by atoms with Crippen LogP contribution >= 0.6 is 67.5 Å². The zero-order valence-corrected chi connectivity index (χ0v) is 66.0. The number of ether oxygens (including phenoxy) is 1. The first-order valence-electron chi connectivity index (χ1n) is 27.9. The molecule has 3 fully saturated rings. The Labute approximate surface area is 611 Å². The van der Waals surface area contributed by atoms with Gasteiger partial charge in [-0.3, -0.25) is 14.5 Å². The number of fused-ring (bicyclic) bond motifs is 8. The molecule has 4 aromatic carbocycles. The Morgan fingerprint density at radius 2 is 1.63 bits per heavy atom. The molecule has 0 amide bonds. The maximum Gasteiger partial charge on any atom is 1.00 e. The van der Waals surface area contributed by atoms with Crippen molar-refractivity contribution in [1.29, 1.82) is 0 Å². The summed E-state index contributed by atoms with van der Waals surface area (Å²) in [5.41, 5.74) is 0.927. The summed E-state index contributed by atoms with van der Waals surface area (Å²) in [6.07, 6.45) is 11.5. The Balaban J connectivity index is 0.000000244. The molecule has 2 heterocycles. The molecule has 13 nitrogen and oxygen atoms in total. The quantitative estimate of drug-likeness (QED) is 0.0496. The standard InChI is InChI=1S/C27H30Cl2O6.C21H25N.C20H9Br2O5.ClH.Hg.2Na.H2O/c1-15-11-19-18-7-6-16-12-17(30)8-9-24(16,2)26(18,29)21(31)13-25(19,3)27(15,22(32)14-28)35-23(33)20-5-4-10-34-20;1-21(2,3)15-8-5-9-16-22(4)17-19-13-10-12-18-11-6-7-14-20(18)19;21-13-5-11-17(7-15(13)23)27-18-8-16(24)14(22)6-12(18)19(11)9-3-1-2-4-10(9)20(25)26;;;;;/h4-5,8-10,12,15,18-19,21,31H,6-7,11,13-14H2,1-3H3;5-7,9-14H,16-17H2,1-4H3;1-7,24H,(H,25,26);1H;;;;1H2/q;;;;3*+1;/p-3/b;9-5+;;;;;;/t15-,18+,19+,21+,24+,25+,26+,27+;;;;;;;/m1......./s1. The maximum atomic E-state index is 13.6. The Hall–Kier alpha value is -3.38. The van der Waals surface area contributed by atoms with E-state index in [1.807, 2.05) is 32.9 Å². The zero-order valence-electron chi connectivity index (χ0n) is 51.0. The molecule has 0 radical (unpaired) electrons. The van der Waals surface area contributed by atoms with Crippen LogP contribution < -0.4 is 77.8 Å². The van der Waals surface area contributed by atoms with Gasteiger partial charge in [0.2, 0.25) is 5.76 Å². The summed E-state index contributed by atoms with van der Waals surface area (Å²) in [5, 5.41) is 39.2. The number of allylic oxidation sites excluding steroid dienone is 5. The molecule has 0 bridgehead atoms. The molecule has 452 valence electrons. The van der Waals surface area contributed by atoms with Gasteiger partial charge < -0.3 is 19.7 Å². The van der Waals surface area contributed by atoms with Gasteiger partial charge >= 0.3 is 258 Å². The second kappa shape index (κ2) is 30.8. The van der Waals surface area contributed by atoms with E-state index in [4.69, 9.17) is 36.8 Å². The fraction of sp³-hybridized carbons (Fsp3) is 0.338. The van der Waals surface area contributed by atoms with Crippen molar-refractivity contribution in [2.24, 2.45) is 34.0 Å². The number of esters is 1. The smallest absolute Gasteiger partial charge is 0.870 e. The van der Waals surface area contributed by atoms with Gasteiger partial charge in [0, 0.05) is 35.3 Å². The van der Waals surface area contributed by atoms with Crippen LogP contribution in [0, 0.1) is 45.8 Å². The molecule has 1 aromatic heterocycles. The number of Topliss-reactive ketones (excluding diaryl/α,β-unsaturated/α-hetero) is 1. The number of benzene rings is 5. The molecule has 8 atom stereocenters. The van der Waals surface area contributed by atoms with Crippen LogP contribution in [0.5, 0.6) is 5.75 Å². The average Bonchev–Trinajstić information content (AvgIpc) is 1.64. The first kappa shape index (κ1) is 76.3. The van der Waals surface area contributed by atoms with Gasteiger partial charge in [-0.15, -0.1) is 35.6 Å². The summed E-state index contributed by atoms with van der Waals surface area (Å²) in [6, 6.07) is 29.2. The number of aromatic carboxylic acids is 1. The van der Waals surface area contributed by atoms with E-state index in [0.717, 1.165) is 18.7 Å². The number of nitrogens with zero attached hydrogens (tertiary/aromatic N) is 1. The molecule has 1 aliphatic heterocycles. The zero-order chi connectivity index (χ0) is 61.6. The molecular formula is C68H64Br2Cl3HgNNa2O12. The van der Waals surface area contributed by atoms with E-state index in [-0.39, 0.29) is 178 Å². The minimum atomic E-state index is -1.53. The number of aliphatic hydroxyl groups excluding tert-OH is 1. The summed E-state index contributed by atoms with van der Waals surface area (Å²) in [6.45, 7) is 14.0. The molecule has 89 heavy (non-hydrogen) atoms. The summed E-state index contributed by atoms with van der Waals surface area (Å²) >= 11 is 20.1. The van der Waals surface area contributed by atoms with Gasteiger partial charge in [-0.1, -0.05) is 92.8 Å². The van der Waals surface area contributed by atoms with Crippen molar-refractivity contribution in [2.45, 2.75) is 90.3 Å². The summed E-state index contributed by atoms with van der Waals surface area (Å²) in [5.74, 6) is 3.03. The number of carboxylic acids is 1. The molecule has 5 aliphatic carbocycles. The van der Waals surface area contributed by atoms with Crippen LogP contribution in [0.1, 0.15) is 93.7 Å². The van der Waals surface area contributed by atoms with E-state index in [0.29, 0.717) is 58.9 Å².